The van der Waals surface area contributed by atoms with E-state index in [4.69, 9.17) is 4.42 Å². The zero-order valence-corrected chi connectivity index (χ0v) is 23.9. The molecule has 1 atom stereocenters. The molecule has 2 aliphatic rings. The molecule has 226 valence electrons. The van der Waals surface area contributed by atoms with E-state index in [9.17, 15) is 26.4 Å². The highest BCUT2D eigenvalue weighted by molar-refractivity contribution is 7.90. The molecule has 1 amide bonds. The van der Waals surface area contributed by atoms with E-state index in [1.807, 2.05) is 42.2 Å². The quantitative estimate of drug-likeness (QED) is 0.380. The van der Waals surface area contributed by atoms with Crippen LogP contribution in [0.25, 0.3) is 0 Å². The van der Waals surface area contributed by atoms with Gasteiger partial charge in [-0.2, -0.15) is 18.2 Å². The Labute approximate surface area is 242 Å². The van der Waals surface area contributed by atoms with Crippen LogP contribution in [-0.4, -0.2) is 55.7 Å². The van der Waals surface area contributed by atoms with Gasteiger partial charge in [0.15, 0.2) is 5.69 Å². The molecule has 0 spiro atoms. The lowest BCUT2D eigenvalue weighted by Crippen LogP contribution is -2.43. The van der Waals surface area contributed by atoms with Crippen LogP contribution in [0.5, 0.6) is 0 Å². The maximum Gasteiger partial charge on any atom is 0.437 e. The third-order valence-corrected chi connectivity index (χ3v) is 9.44. The Morgan fingerprint density at radius 1 is 1.05 bits per heavy atom. The molecule has 0 bridgehead atoms. The first kappa shape index (κ1) is 29.8. The molecule has 2 aliphatic heterocycles. The first-order valence-corrected chi connectivity index (χ1v) is 15.4. The number of halogens is 3. The number of sulfonamides is 1. The minimum Gasteiger partial charge on any atom is -0.417 e. The smallest absolute Gasteiger partial charge is 0.417 e. The largest absolute Gasteiger partial charge is 0.437 e. The third kappa shape index (κ3) is 7.04. The molecule has 2 saturated heterocycles. The molecule has 3 aromatic rings. The number of rotatable bonds is 8. The van der Waals surface area contributed by atoms with E-state index in [1.165, 1.54) is 12.3 Å². The minimum atomic E-state index is -4.87. The number of hydrogen-bond acceptors (Lipinski definition) is 8. The summed E-state index contributed by atoms with van der Waals surface area (Å²) in [4.78, 5) is 24.4. The lowest BCUT2D eigenvalue weighted by atomic mass is 10.0. The average Bonchev–Trinajstić information content (AvgIpc) is 3.44. The Morgan fingerprint density at radius 2 is 1.79 bits per heavy atom. The van der Waals surface area contributed by atoms with E-state index in [2.05, 4.69) is 20.0 Å². The molecule has 1 aromatic carbocycles. The van der Waals surface area contributed by atoms with Gasteiger partial charge in [-0.3, -0.25) is 4.79 Å². The zero-order chi connectivity index (χ0) is 29.9. The fourth-order valence-electron chi connectivity index (χ4n) is 5.28. The predicted molar refractivity (Wildman–Crippen MR) is 152 cm³/mol. The second kappa shape index (κ2) is 12.3. The highest BCUT2D eigenvalue weighted by atomic mass is 32.2. The van der Waals surface area contributed by atoms with Gasteiger partial charge in [0, 0.05) is 32.7 Å². The Kier molecular flexibility index (Phi) is 8.73. The van der Waals surface area contributed by atoms with E-state index in [1.54, 1.807) is 11.0 Å². The number of oxazole rings is 1. The summed E-state index contributed by atoms with van der Waals surface area (Å²) in [6.07, 6.45) is -0.947. The number of nitrogens with zero attached hydrogens (tertiary/aromatic N) is 4. The molecule has 14 heteroatoms. The highest BCUT2D eigenvalue weighted by Crippen LogP contribution is 2.35. The summed E-state index contributed by atoms with van der Waals surface area (Å²) >= 11 is 0. The lowest BCUT2D eigenvalue weighted by molar-refractivity contribution is -0.141. The van der Waals surface area contributed by atoms with Crippen LogP contribution in [-0.2, 0) is 22.7 Å². The molecule has 0 radical (unpaired) electrons. The monoisotopic (exact) mass is 606 g/mol. The van der Waals surface area contributed by atoms with Crippen molar-refractivity contribution in [2.45, 2.75) is 50.6 Å². The maximum absolute atomic E-state index is 13.7. The number of nitrogens with one attached hydrogen (secondary N) is 2. The molecule has 5 rings (SSSR count). The maximum atomic E-state index is 13.7. The van der Waals surface area contributed by atoms with E-state index in [-0.39, 0.29) is 24.2 Å². The normalized spacial score (nSPS) is 18.7. The molecular weight excluding hydrogens is 573 g/mol. The molecule has 2 fully saturated rings. The standard InChI is InChI=1S/C28H33F3N6O4S/c1-19-6-5-13-37(18-19)27-35-25(28(29,30)31)24(41-27)26(38)34-21-9-10-23(32-17-21)36-14-11-22(12-15-36)42(39,40)33-16-20-7-3-2-4-8-20/h2-4,7-10,17,19,22,33H,5-6,11-16,18H2,1H3,(H,34,38). The minimum absolute atomic E-state index is 0.184. The summed E-state index contributed by atoms with van der Waals surface area (Å²) in [5.41, 5.74) is -0.303. The second-order valence-corrected chi connectivity index (χ2v) is 12.8. The van der Waals surface area contributed by atoms with Crippen LogP contribution >= 0.6 is 0 Å². The summed E-state index contributed by atoms with van der Waals surface area (Å²) in [6.45, 7) is 4.15. The van der Waals surface area contributed by atoms with Gasteiger partial charge < -0.3 is 19.5 Å². The first-order chi connectivity index (χ1) is 20.0. The summed E-state index contributed by atoms with van der Waals surface area (Å²) in [5.74, 6) is -1.13. The topological polar surface area (TPSA) is 121 Å². The number of hydrogen-bond donors (Lipinski definition) is 2. The highest BCUT2D eigenvalue weighted by Gasteiger charge is 2.42. The van der Waals surface area contributed by atoms with Crippen LogP contribution < -0.4 is 19.8 Å². The lowest BCUT2D eigenvalue weighted by Gasteiger charge is -2.32. The predicted octanol–water partition coefficient (Wildman–Crippen LogP) is 4.67. The number of benzene rings is 1. The SMILES string of the molecule is CC1CCCN(c2nc(C(F)(F)F)c(C(=O)Nc3ccc(N4CCC(S(=O)(=O)NCc5ccccc5)CC4)nc3)o2)C1. The number of amides is 1. The van der Waals surface area contributed by atoms with E-state index in [0.717, 1.165) is 18.4 Å². The van der Waals surface area contributed by atoms with E-state index >= 15 is 0 Å². The fraction of sp³-hybridized carbons (Fsp3) is 0.464. The van der Waals surface area contributed by atoms with Gasteiger partial charge in [-0.05, 0) is 49.3 Å². The summed E-state index contributed by atoms with van der Waals surface area (Å²) in [6, 6.07) is 12.2. The number of pyridine rings is 1. The van der Waals surface area contributed by atoms with Gasteiger partial charge in [0.25, 0.3) is 11.9 Å². The number of carbonyl (C=O) groups excluding carboxylic acids is 1. The van der Waals surface area contributed by atoms with Gasteiger partial charge >= 0.3 is 6.18 Å². The number of alkyl halides is 3. The molecule has 42 heavy (non-hydrogen) atoms. The van der Waals surface area contributed by atoms with Crippen LogP contribution in [0.4, 0.5) is 30.7 Å². The molecular formula is C28H33F3N6O4S. The molecule has 0 saturated carbocycles. The molecule has 10 nitrogen and oxygen atoms in total. The first-order valence-electron chi connectivity index (χ1n) is 13.9. The van der Waals surface area contributed by atoms with Gasteiger partial charge in [-0.25, -0.2) is 18.1 Å². The van der Waals surface area contributed by atoms with Crippen molar-refractivity contribution < 1.29 is 30.8 Å². The van der Waals surface area contributed by atoms with Crippen molar-refractivity contribution in [2.75, 3.05) is 41.3 Å². The number of aromatic nitrogens is 2. The van der Waals surface area contributed by atoms with E-state index in [0.29, 0.717) is 44.8 Å². The number of carbonyl (C=O) groups is 1. The second-order valence-electron chi connectivity index (χ2n) is 10.8. The number of piperidine rings is 2. The zero-order valence-electron chi connectivity index (χ0n) is 23.1. The van der Waals surface area contributed by atoms with Crippen molar-refractivity contribution in [1.82, 2.24) is 14.7 Å². The Hall–Kier alpha value is -3.65. The molecule has 4 heterocycles. The van der Waals surface area contributed by atoms with Gasteiger partial charge in [-0.1, -0.05) is 37.3 Å². The molecule has 1 unspecified atom stereocenters. The van der Waals surface area contributed by atoms with E-state index < -0.39 is 38.8 Å². The molecule has 2 aromatic heterocycles. The van der Waals surface area contributed by atoms with Crippen LogP contribution in [0.1, 0.15) is 54.4 Å². The van der Waals surface area contributed by atoms with Crippen molar-refractivity contribution in [3.8, 4) is 0 Å². The third-order valence-electron chi connectivity index (χ3n) is 7.55. The Balaban J connectivity index is 1.19. The van der Waals surface area contributed by atoms with Crippen LogP contribution in [0.2, 0.25) is 0 Å². The number of anilines is 3. The Bertz CT molecular complexity index is 1470. The fourth-order valence-corrected chi connectivity index (χ4v) is 6.72. The van der Waals surface area contributed by atoms with Crippen molar-refractivity contribution in [3.05, 3.63) is 65.7 Å². The van der Waals surface area contributed by atoms with Crippen molar-refractivity contribution >= 4 is 33.5 Å². The summed E-state index contributed by atoms with van der Waals surface area (Å²) < 4.78 is 74.7. The van der Waals surface area contributed by atoms with Gasteiger partial charge in [0.2, 0.25) is 15.8 Å². The average molecular weight is 607 g/mol. The van der Waals surface area contributed by atoms with Crippen LogP contribution in [0.15, 0.2) is 53.1 Å². The van der Waals surface area contributed by atoms with Gasteiger partial charge in [0.05, 0.1) is 17.1 Å². The van der Waals surface area contributed by atoms with Crippen molar-refractivity contribution in [1.29, 1.82) is 0 Å². The van der Waals surface area contributed by atoms with Crippen LogP contribution in [0.3, 0.4) is 0 Å². The molecule has 0 aliphatic carbocycles. The van der Waals surface area contributed by atoms with Crippen LogP contribution in [0, 0.1) is 5.92 Å². The van der Waals surface area contributed by atoms with Crippen molar-refractivity contribution in [2.24, 2.45) is 5.92 Å². The Morgan fingerprint density at radius 3 is 2.43 bits per heavy atom. The van der Waals surface area contributed by atoms with Gasteiger partial charge in [0.1, 0.15) is 5.82 Å². The molecule has 2 N–H and O–H groups in total. The van der Waals surface area contributed by atoms with Gasteiger partial charge in [-0.15, -0.1) is 0 Å². The summed E-state index contributed by atoms with van der Waals surface area (Å²) in [5, 5.41) is 1.89. The van der Waals surface area contributed by atoms with Crippen molar-refractivity contribution in [3.63, 3.8) is 0 Å². The summed E-state index contributed by atoms with van der Waals surface area (Å²) in [7, 11) is -3.50.